The average Bonchev–Trinajstić information content (AvgIpc) is 3.03. The standard InChI is InChI=1S/C42H78O2/c1-3-5-7-9-11-13-15-17-19-21-23-25-27-29-31-34-38-42(44,40-36-33-37-41-43)39-35-32-30-28-26-24-22-20-18-16-14-12-10-8-6-4-2/h11-14,17-20,43-44H,3-10,15-16,21-41H2,1-2H3/b13-11-,14-12-,19-17-,20-18-. The highest BCUT2D eigenvalue weighted by atomic mass is 16.3. The molecular formula is C42H78O2. The lowest BCUT2D eigenvalue weighted by Gasteiger charge is -2.28. The lowest BCUT2D eigenvalue weighted by atomic mass is 9.85. The zero-order chi connectivity index (χ0) is 32.1. The molecule has 0 spiro atoms. The SMILES string of the molecule is CCCCC/C=C\C/C=C\CCCCCCCCC(O)(CCCCCO)CCCCCCCC/C=C\C/C=C\CCCCC. The van der Waals surface area contributed by atoms with E-state index in [1.54, 1.807) is 0 Å². The van der Waals surface area contributed by atoms with Crippen LogP contribution in [0, 0.1) is 0 Å². The van der Waals surface area contributed by atoms with Gasteiger partial charge >= 0.3 is 0 Å². The molecule has 2 nitrogen and oxygen atoms in total. The van der Waals surface area contributed by atoms with Gasteiger partial charge in [-0.05, 0) is 89.9 Å². The molecule has 0 rings (SSSR count). The van der Waals surface area contributed by atoms with Crippen molar-refractivity contribution in [3.8, 4) is 0 Å². The Morgan fingerprint density at radius 2 is 0.659 bits per heavy atom. The van der Waals surface area contributed by atoms with Gasteiger partial charge in [-0.2, -0.15) is 0 Å². The monoisotopic (exact) mass is 615 g/mol. The van der Waals surface area contributed by atoms with Gasteiger partial charge in [-0.15, -0.1) is 0 Å². The predicted molar refractivity (Wildman–Crippen MR) is 198 cm³/mol. The van der Waals surface area contributed by atoms with Gasteiger partial charge in [0.25, 0.3) is 0 Å². The van der Waals surface area contributed by atoms with Crippen molar-refractivity contribution in [2.45, 2.75) is 212 Å². The van der Waals surface area contributed by atoms with Crippen molar-refractivity contribution in [3.63, 3.8) is 0 Å². The van der Waals surface area contributed by atoms with E-state index >= 15 is 0 Å². The topological polar surface area (TPSA) is 40.5 Å². The molecule has 0 heterocycles. The third kappa shape index (κ3) is 33.8. The van der Waals surface area contributed by atoms with Crippen LogP contribution in [0.25, 0.3) is 0 Å². The molecule has 44 heavy (non-hydrogen) atoms. The summed E-state index contributed by atoms with van der Waals surface area (Å²) in [5, 5.41) is 20.6. The van der Waals surface area contributed by atoms with E-state index in [2.05, 4.69) is 62.5 Å². The van der Waals surface area contributed by atoms with Gasteiger partial charge in [0.15, 0.2) is 0 Å². The fourth-order valence-corrected chi connectivity index (χ4v) is 6.00. The molecule has 0 atom stereocenters. The largest absolute Gasteiger partial charge is 0.396 e. The Bertz CT molecular complexity index is 611. The zero-order valence-corrected chi connectivity index (χ0v) is 29.9. The van der Waals surface area contributed by atoms with E-state index in [1.165, 1.54) is 128 Å². The molecule has 0 aromatic carbocycles. The summed E-state index contributed by atoms with van der Waals surface area (Å²) in [6.07, 6.45) is 54.8. The van der Waals surface area contributed by atoms with Gasteiger partial charge in [0.05, 0.1) is 5.60 Å². The van der Waals surface area contributed by atoms with Gasteiger partial charge in [-0.25, -0.2) is 0 Å². The molecule has 0 bridgehead atoms. The second-order valence-corrected chi connectivity index (χ2v) is 13.4. The molecule has 258 valence electrons. The van der Waals surface area contributed by atoms with Crippen molar-refractivity contribution in [1.82, 2.24) is 0 Å². The maximum Gasteiger partial charge on any atom is 0.0647 e. The smallest absolute Gasteiger partial charge is 0.0647 e. The van der Waals surface area contributed by atoms with Crippen LogP contribution in [0.15, 0.2) is 48.6 Å². The first kappa shape index (κ1) is 42.9. The van der Waals surface area contributed by atoms with Crippen molar-refractivity contribution < 1.29 is 10.2 Å². The van der Waals surface area contributed by atoms with E-state index in [9.17, 15) is 5.11 Å². The third-order valence-corrected chi connectivity index (χ3v) is 8.99. The molecular weight excluding hydrogens is 536 g/mol. The van der Waals surface area contributed by atoms with E-state index in [-0.39, 0.29) is 6.61 Å². The molecule has 0 aromatic rings. The van der Waals surface area contributed by atoms with Gasteiger partial charge < -0.3 is 10.2 Å². The number of allylic oxidation sites excluding steroid dienone is 8. The molecule has 0 aliphatic heterocycles. The van der Waals surface area contributed by atoms with E-state index in [0.717, 1.165) is 64.2 Å². The van der Waals surface area contributed by atoms with Crippen LogP contribution in [0.5, 0.6) is 0 Å². The maximum atomic E-state index is 11.5. The van der Waals surface area contributed by atoms with E-state index < -0.39 is 5.60 Å². The van der Waals surface area contributed by atoms with Gasteiger partial charge in [-0.3, -0.25) is 0 Å². The molecule has 0 fully saturated rings. The fourth-order valence-electron chi connectivity index (χ4n) is 6.00. The van der Waals surface area contributed by atoms with Crippen molar-refractivity contribution >= 4 is 0 Å². The zero-order valence-electron chi connectivity index (χ0n) is 29.9. The number of aliphatic hydroxyl groups is 2. The fraction of sp³-hybridized carbons (Fsp3) is 0.810. The number of aliphatic hydroxyl groups excluding tert-OH is 1. The van der Waals surface area contributed by atoms with Crippen LogP contribution in [-0.2, 0) is 0 Å². The van der Waals surface area contributed by atoms with Crippen LogP contribution in [0.2, 0.25) is 0 Å². The minimum absolute atomic E-state index is 0.274. The number of rotatable bonds is 35. The van der Waals surface area contributed by atoms with Crippen molar-refractivity contribution in [2.24, 2.45) is 0 Å². The molecule has 0 saturated heterocycles. The van der Waals surface area contributed by atoms with Crippen LogP contribution in [0.4, 0.5) is 0 Å². The minimum atomic E-state index is -0.486. The Kier molecular flexibility index (Phi) is 35.4. The molecule has 0 saturated carbocycles. The summed E-state index contributed by atoms with van der Waals surface area (Å²) in [5.41, 5.74) is -0.486. The highest BCUT2D eigenvalue weighted by molar-refractivity contribution is 4.93. The van der Waals surface area contributed by atoms with Crippen molar-refractivity contribution in [3.05, 3.63) is 48.6 Å². The third-order valence-electron chi connectivity index (χ3n) is 8.99. The molecule has 2 N–H and O–H groups in total. The Hall–Kier alpha value is -1.12. The number of hydrogen-bond donors (Lipinski definition) is 2. The van der Waals surface area contributed by atoms with Gasteiger partial charge in [-0.1, -0.05) is 165 Å². The van der Waals surface area contributed by atoms with Crippen LogP contribution in [0.3, 0.4) is 0 Å². The molecule has 0 radical (unpaired) electrons. The molecule has 0 aliphatic rings. The summed E-state index contributed by atoms with van der Waals surface area (Å²) >= 11 is 0. The minimum Gasteiger partial charge on any atom is -0.396 e. The lowest BCUT2D eigenvalue weighted by Crippen LogP contribution is -2.28. The highest BCUT2D eigenvalue weighted by Gasteiger charge is 2.25. The first-order chi connectivity index (χ1) is 21.7. The van der Waals surface area contributed by atoms with E-state index in [1.807, 2.05) is 0 Å². The second-order valence-electron chi connectivity index (χ2n) is 13.4. The molecule has 2 heteroatoms. The average molecular weight is 615 g/mol. The van der Waals surface area contributed by atoms with Crippen molar-refractivity contribution in [1.29, 1.82) is 0 Å². The maximum absolute atomic E-state index is 11.5. The molecule has 0 aromatic heterocycles. The summed E-state index contributed by atoms with van der Waals surface area (Å²) < 4.78 is 0. The predicted octanol–water partition coefficient (Wildman–Crippen LogP) is 13.7. The molecule has 0 aliphatic carbocycles. The lowest BCUT2D eigenvalue weighted by molar-refractivity contribution is 0.00682. The van der Waals surface area contributed by atoms with Gasteiger partial charge in [0.2, 0.25) is 0 Å². The summed E-state index contributed by atoms with van der Waals surface area (Å²) in [7, 11) is 0. The quantitative estimate of drug-likeness (QED) is 0.0550. The summed E-state index contributed by atoms with van der Waals surface area (Å²) in [4.78, 5) is 0. The van der Waals surface area contributed by atoms with E-state index in [0.29, 0.717) is 0 Å². The summed E-state index contributed by atoms with van der Waals surface area (Å²) in [6, 6.07) is 0. The Balaban J connectivity index is 3.90. The summed E-state index contributed by atoms with van der Waals surface area (Å²) in [5.74, 6) is 0. The molecule has 0 unspecified atom stereocenters. The Morgan fingerprint density at radius 3 is 1.00 bits per heavy atom. The first-order valence-corrected chi connectivity index (χ1v) is 19.6. The first-order valence-electron chi connectivity index (χ1n) is 19.6. The Morgan fingerprint density at radius 1 is 0.364 bits per heavy atom. The summed E-state index contributed by atoms with van der Waals surface area (Å²) in [6.45, 7) is 4.80. The molecule has 0 amide bonds. The van der Waals surface area contributed by atoms with Crippen LogP contribution >= 0.6 is 0 Å². The van der Waals surface area contributed by atoms with Gasteiger partial charge in [0, 0.05) is 6.61 Å². The second kappa shape index (κ2) is 36.3. The number of unbranched alkanes of at least 4 members (excludes halogenated alkanes) is 20. The van der Waals surface area contributed by atoms with E-state index in [4.69, 9.17) is 5.11 Å². The van der Waals surface area contributed by atoms with Gasteiger partial charge in [0.1, 0.15) is 0 Å². The highest BCUT2D eigenvalue weighted by Crippen LogP contribution is 2.29. The number of hydrogen-bond acceptors (Lipinski definition) is 2. The van der Waals surface area contributed by atoms with Crippen LogP contribution in [-0.4, -0.2) is 22.4 Å². The van der Waals surface area contributed by atoms with Crippen LogP contribution < -0.4 is 0 Å². The Labute approximate surface area is 277 Å². The van der Waals surface area contributed by atoms with Crippen molar-refractivity contribution in [2.75, 3.05) is 6.61 Å². The van der Waals surface area contributed by atoms with Crippen LogP contribution in [0.1, 0.15) is 206 Å². The normalized spacial score (nSPS) is 12.7.